The van der Waals surface area contributed by atoms with Gasteiger partial charge in [-0.05, 0) is 37.2 Å². The number of methoxy groups -OCH3 is 4. The third-order valence-corrected chi connectivity index (χ3v) is 4.14. The van der Waals surface area contributed by atoms with Gasteiger partial charge in [-0.15, -0.1) is 12.4 Å². The average Bonchev–Trinajstić information content (AvgIpc) is 2.65. The highest BCUT2D eigenvalue weighted by molar-refractivity contribution is 5.85. The van der Waals surface area contributed by atoms with Crippen LogP contribution in [0.25, 0.3) is 0 Å². The van der Waals surface area contributed by atoms with Crippen molar-refractivity contribution >= 4 is 12.4 Å². The van der Waals surface area contributed by atoms with Gasteiger partial charge in [0.1, 0.15) is 5.75 Å². The van der Waals surface area contributed by atoms with E-state index in [4.69, 9.17) is 18.9 Å². The fraction of sp³-hybridized carbons (Fsp3) is 0.400. The van der Waals surface area contributed by atoms with Crippen LogP contribution in [0, 0.1) is 0 Å². The molecule has 0 bridgehead atoms. The summed E-state index contributed by atoms with van der Waals surface area (Å²) in [6, 6.07) is 12.1. The molecule has 144 valence electrons. The molecule has 0 heterocycles. The lowest BCUT2D eigenvalue weighted by atomic mass is 10.1. The normalized spacial score (nSPS) is 10.2. The zero-order chi connectivity index (χ0) is 18.2. The van der Waals surface area contributed by atoms with E-state index in [9.17, 15) is 0 Å². The van der Waals surface area contributed by atoms with Gasteiger partial charge in [0.15, 0.2) is 11.5 Å². The predicted molar refractivity (Wildman–Crippen MR) is 106 cm³/mol. The number of hydrogen-bond donors (Lipinski definition) is 0. The Hall–Kier alpha value is -2.11. The van der Waals surface area contributed by atoms with Crippen molar-refractivity contribution in [1.29, 1.82) is 0 Å². The summed E-state index contributed by atoms with van der Waals surface area (Å²) in [7, 11) is 8.68. The van der Waals surface area contributed by atoms with Crippen molar-refractivity contribution in [3.63, 3.8) is 0 Å². The van der Waals surface area contributed by atoms with E-state index >= 15 is 0 Å². The lowest BCUT2D eigenvalue weighted by molar-refractivity contribution is 0.316. The molecule has 0 atom stereocenters. The van der Waals surface area contributed by atoms with Crippen LogP contribution >= 0.6 is 12.4 Å². The molecule has 0 saturated heterocycles. The maximum Gasteiger partial charge on any atom is 0.203 e. The molecule has 5 nitrogen and oxygen atoms in total. The first-order valence-electron chi connectivity index (χ1n) is 8.22. The standard InChI is InChI=1S/C20H27NO4.ClH/c1-21(14-16-8-6-7-9-17(16)22-2)11-10-15-12-18(23-3)20(25-5)19(13-15)24-4;/h6-9,12-13H,10-11,14H2,1-5H3;1H. The number of hydrogen-bond acceptors (Lipinski definition) is 5. The highest BCUT2D eigenvalue weighted by atomic mass is 35.5. The number of likely N-dealkylation sites (N-methyl/N-ethyl adjacent to an activating group) is 1. The number of para-hydroxylation sites is 1. The molecule has 0 spiro atoms. The summed E-state index contributed by atoms with van der Waals surface area (Å²) in [4.78, 5) is 2.26. The molecule has 0 aromatic heterocycles. The maximum absolute atomic E-state index is 5.42. The minimum Gasteiger partial charge on any atom is -0.496 e. The molecule has 0 fully saturated rings. The van der Waals surface area contributed by atoms with Crippen molar-refractivity contribution in [2.24, 2.45) is 0 Å². The van der Waals surface area contributed by atoms with Crippen molar-refractivity contribution in [3.8, 4) is 23.0 Å². The summed E-state index contributed by atoms with van der Waals surface area (Å²) in [6.07, 6.45) is 0.877. The molecule has 0 unspecified atom stereocenters. The quantitative estimate of drug-likeness (QED) is 0.660. The van der Waals surface area contributed by atoms with Crippen LogP contribution in [0.2, 0.25) is 0 Å². The van der Waals surface area contributed by atoms with E-state index in [1.54, 1.807) is 28.4 Å². The van der Waals surface area contributed by atoms with Crippen LogP contribution in [-0.2, 0) is 13.0 Å². The van der Waals surface area contributed by atoms with Crippen LogP contribution in [0.15, 0.2) is 36.4 Å². The molecule has 0 aliphatic rings. The van der Waals surface area contributed by atoms with Gasteiger partial charge in [0, 0.05) is 18.7 Å². The maximum atomic E-state index is 5.42. The van der Waals surface area contributed by atoms with Gasteiger partial charge in [-0.2, -0.15) is 0 Å². The van der Waals surface area contributed by atoms with Crippen LogP contribution in [-0.4, -0.2) is 46.9 Å². The van der Waals surface area contributed by atoms with Crippen LogP contribution in [0.5, 0.6) is 23.0 Å². The van der Waals surface area contributed by atoms with Crippen molar-refractivity contribution in [1.82, 2.24) is 4.90 Å². The number of halogens is 1. The van der Waals surface area contributed by atoms with Gasteiger partial charge in [0.2, 0.25) is 5.75 Å². The summed E-state index contributed by atoms with van der Waals surface area (Å²) in [5, 5.41) is 0. The second kappa shape index (κ2) is 10.8. The Balaban J connectivity index is 0.00000338. The average molecular weight is 382 g/mol. The molecule has 0 amide bonds. The first kappa shape index (κ1) is 21.9. The Bertz CT molecular complexity index is 668. The van der Waals surface area contributed by atoms with Crippen LogP contribution in [0.4, 0.5) is 0 Å². The van der Waals surface area contributed by atoms with Crippen molar-refractivity contribution in [2.75, 3.05) is 42.0 Å². The second-order valence-corrected chi connectivity index (χ2v) is 5.83. The Morgan fingerprint density at radius 1 is 0.808 bits per heavy atom. The van der Waals surface area contributed by atoms with Gasteiger partial charge in [0.25, 0.3) is 0 Å². The molecule has 0 N–H and O–H groups in total. The number of benzene rings is 2. The third-order valence-electron chi connectivity index (χ3n) is 4.14. The van der Waals surface area contributed by atoms with Crippen LogP contribution in [0.1, 0.15) is 11.1 Å². The van der Waals surface area contributed by atoms with Crippen LogP contribution < -0.4 is 18.9 Å². The molecular formula is C20H28ClNO4. The minimum atomic E-state index is 0. The Morgan fingerprint density at radius 2 is 1.38 bits per heavy atom. The van der Waals surface area contributed by atoms with Gasteiger partial charge in [-0.1, -0.05) is 18.2 Å². The van der Waals surface area contributed by atoms with Gasteiger partial charge >= 0.3 is 0 Å². The van der Waals surface area contributed by atoms with E-state index < -0.39 is 0 Å². The summed E-state index contributed by atoms with van der Waals surface area (Å²) in [6.45, 7) is 1.73. The van der Waals surface area contributed by atoms with Gasteiger partial charge < -0.3 is 23.8 Å². The molecule has 2 rings (SSSR count). The zero-order valence-corrected chi connectivity index (χ0v) is 16.9. The Kier molecular flexibility index (Phi) is 9.10. The van der Waals surface area contributed by atoms with E-state index in [1.165, 1.54) is 5.56 Å². The smallest absolute Gasteiger partial charge is 0.203 e. The van der Waals surface area contributed by atoms with Crippen LogP contribution in [0.3, 0.4) is 0 Å². The summed E-state index contributed by atoms with van der Waals surface area (Å²) >= 11 is 0. The number of rotatable bonds is 9. The third kappa shape index (κ3) is 5.44. The van der Waals surface area contributed by atoms with E-state index in [1.807, 2.05) is 30.3 Å². The molecule has 2 aromatic rings. The van der Waals surface area contributed by atoms with Gasteiger partial charge in [0.05, 0.1) is 28.4 Å². The lowest BCUT2D eigenvalue weighted by Crippen LogP contribution is -2.21. The van der Waals surface area contributed by atoms with E-state index in [0.717, 1.165) is 30.8 Å². The highest BCUT2D eigenvalue weighted by Gasteiger charge is 2.13. The topological polar surface area (TPSA) is 40.2 Å². The number of ether oxygens (including phenoxy) is 4. The molecule has 6 heteroatoms. The Labute approximate surface area is 162 Å². The fourth-order valence-corrected chi connectivity index (χ4v) is 2.80. The monoisotopic (exact) mass is 381 g/mol. The summed E-state index contributed by atoms with van der Waals surface area (Å²) in [5.74, 6) is 2.91. The predicted octanol–water partition coefficient (Wildman–Crippen LogP) is 3.82. The van der Waals surface area contributed by atoms with Crippen molar-refractivity contribution in [2.45, 2.75) is 13.0 Å². The molecule has 0 radical (unpaired) electrons. The lowest BCUT2D eigenvalue weighted by Gasteiger charge is -2.19. The Morgan fingerprint density at radius 3 is 1.92 bits per heavy atom. The van der Waals surface area contributed by atoms with Gasteiger partial charge in [-0.3, -0.25) is 0 Å². The van der Waals surface area contributed by atoms with E-state index in [-0.39, 0.29) is 12.4 Å². The van der Waals surface area contributed by atoms with Crippen molar-refractivity contribution in [3.05, 3.63) is 47.5 Å². The summed E-state index contributed by atoms with van der Waals surface area (Å²) in [5.41, 5.74) is 2.32. The van der Waals surface area contributed by atoms with E-state index in [2.05, 4.69) is 18.0 Å². The molecule has 0 aliphatic heterocycles. The van der Waals surface area contributed by atoms with Gasteiger partial charge in [-0.25, -0.2) is 0 Å². The van der Waals surface area contributed by atoms with Crippen molar-refractivity contribution < 1.29 is 18.9 Å². The summed E-state index contributed by atoms with van der Waals surface area (Å²) < 4.78 is 21.6. The number of nitrogens with zero attached hydrogens (tertiary/aromatic N) is 1. The molecular weight excluding hydrogens is 354 g/mol. The molecule has 2 aromatic carbocycles. The highest BCUT2D eigenvalue weighted by Crippen LogP contribution is 2.38. The first-order chi connectivity index (χ1) is 12.1. The largest absolute Gasteiger partial charge is 0.496 e. The van der Waals surface area contributed by atoms with E-state index in [0.29, 0.717) is 17.2 Å². The SMILES string of the molecule is COc1ccccc1CN(C)CCc1cc(OC)c(OC)c(OC)c1.Cl. The second-order valence-electron chi connectivity index (χ2n) is 5.83. The molecule has 26 heavy (non-hydrogen) atoms. The first-order valence-corrected chi connectivity index (χ1v) is 8.22. The molecule has 0 saturated carbocycles. The molecule has 0 aliphatic carbocycles. The fourth-order valence-electron chi connectivity index (χ4n) is 2.80. The minimum absolute atomic E-state index is 0. The zero-order valence-electron chi connectivity index (χ0n) is 16.1.